The van der Waals surface area contributed by atoms with Crippen molar-refractivity contribution in [1.29, 1.82) is 0 Å². The Morgan fingerprint density at radius 2 is 2.10 bits per heavy atom. The lowest BCUT2D eigenvalue weighted by atomic mass is 10.1. The number of carbonyl (C=O) groups excluding carboxylic acids is 1. The fourth-order valence-corrected chi connectivity index (χ4v) is 2.20. The van der Waals surface area contributed by atoms with Crippen molar-refractivity contribution in [3.8, 4) is 0 Å². The monoisotopic (exact) mass is 288 g/mol. The minimum atomic E-state index is 0.0643. The molecule has 0 aliphatic rings. The quantitative estimate of drug-likeness (QED) is 0.697. The highest BCUT2D eigenvalue weighted by molar-refractivity contribution is 5.83. The number of aromatic amines is 1. The summed E-state index contributed by atoms with van der Waals surface area (Å²) >= 11 is 0. The summed E-state index contributed by atoms with van der Waals surface area (Å²) in [5.74, 6) is 0.0643. The Balaban J connectivity index is 1.65. The number of aromatic nitrogens is 1. The first kappa shape index (κ1) is 15.6. The molecule has 1 amide bonds. The van der Waals surface area contributed by atoms with Crippen LogP contribution in [0.25, 0.3) is 10.9 Å². The molecule has 0 saturated carbocycles. The van der Waals surface area contributed by atoms with Crippen LogP contribution in [0.5, 0.6) is 0 Å². The number of hydrogen-bond donors (Lipinski definition) is 2. The molecule has 0 saturated heterocycles. The number of rotatable bonds is 9. The van der Waals surface area contributed by atoms with Gasteiger partial charge in [-0.3, -0.25) is 4.79 Å². The molecule has 0 atom stereocenters. The van der Waals surface area contributed by atoms with Crippen molar-refractivity contribution < 1.29 is 9.53 Å². The Kier molecular flexibility index (Phi) is 6.28. The molecule has 1 heterocycles. The van der Waals surface area contributed by atoms with Crippen molar-refractivity contribution >= 4 is 16.8 Å². The predicted octanol–water partition coefficient (Wildman–Crippen LogP) is 3.03. The SMILES string of the molecule is CCCCOCCCNC(=O)Cc1ccc2cc[nH]c2c1. The number of carbonyl (C=O) groups is 1. The summed E-state index contributed by atoms with van der Waals surface area (Å²) in [5, 5.41) is 4.10. The molecule has 0 spiro atoms. The second-order valence-electron chi connectivity index (χ2n) is 5.25. The van der Waals surface area contributed by atoms with Gasteiger partial charge in [-0.05, 0) is 35.9 Å². The van der Waals surface area contributed by atoms with Crippen LogP contribution in [0.1, 0.15) is 31.7 Å². The van der Waals surface area contributed by atoms with Gasteiger partial charge < -0.3 is 15.0 Å². The fraction of sp³-hybridized carbons (Fsp3) is 0.471. The van der Waals surface area contributed by atoms with E-state index in [-0.39, 0.29) is 5.91 Å². The maximum Gasteiger partial charge on any atom is 0.224 e. The molecule has 4 nitrogen and oxygen atoms in total. The van der Waals surface area contributed by atoms with Crippen molar-refractivity contribution in [2.75, 3.05) is 19.8 Å². The smallest absolute Gasteiger partial charge is 0.224 e. The van der Waals surface area contributed by atoms with E-state index in [2.05, 4.69) is 17.2 Å². The van der Waals surface area contributed by atoms with E-state index in [9.17, 15) is 4.79 Å². The molecule has 0 fully saturated rings. The number of amides is 1. The van der Waals surface area contributed by atoms with Crippen molar-refractivity contribution in [2.24, 2.45) is 0 Å². The minimum absolute atomic E-state index is 0.0643. The van der Waals surface area contributed by atoms with Gasteiger partial charge >= 0.3 is 0 Å². The lowest BCUT2D eigenvalue weighted by Crippen LogP contribution is -2.26. The summed E-state index contributed by atoms with van der Waals surface area (Å²) in [6, 6.07) is 8.10. The zero-order valence-electron chi connectivity index (χ0n) is 12.7. The summed E-state index contributed by atoms with van der Waals surface area (Å²) in [5.41, 5.74) is 2.10. The van der Waals surface area contributed by atoms with Crippen molar-refractivity contribution in [1.82, 2.24) is 10.3 Å². The molecular formula is C17H24N2O2. The van der Waals surface area contributed by atoms with Gasteiger partial charge in [-0.2, -0.15) is 0 Å². The van der Waals surface area contributed by atoms with Gasteiger partial charge in [-0.25, -0.2) is 0 Å². The molecule has 2 rings (SSSR count). The highest BCUT2D eigenvalue weighted by Crippen LogP contribution is 2.14. The molecule has 0 bridgehead atoms. The van der Waals surface area contributed by atoms with E-state index in [1.807, 2.05) is 30.5 Å². The van der Waals surface area contributed by atoms with Crippen LogP contribution < -0.4 is 5.32 Å². The van der Waals surface area contributed by atoms with Crippen LogP contribution >= 0.6 is 0 Å². The second kappa shape index (κ2) is 8.47. The lowest BCUT2D eigenvalue weighted by molar-refractivity contribution is -0.120. The van der Waals surface area contributed by atoms with Gasteiger partial charge in [-0.15, -0.1) is 0 Å². The topological polar surface area (TPSA) is 54.1 Å². The van der Waals surface area contributed by atoms with Crippen molar-refractivity contribution in [3.05, 3.63) is 36.0 Å². The van der Waals surface area contributed by atoms with E-state index in [1.165, 1.54) is 5.39 Å². The van der Waals surface area contributed by atoms with E-state index in [0.717, 1.165) is 36.9 Å². The van der Waals surface area contributed by atoms with Gasteiger partial charge in [-0.1, -0.05) is 25.5 Å². The van der Waals surface area contributed by atoms with E-state index < -0.39 is 0 Å². The molecule has 0 radical (unpaired) electrons. The number of ether oxygens (including phenoxy) is 1. The molecule has 1 aromatic heterocycles. The number of hydrogen-bond acceptors (Lipinski definition) is 2. The maximum absolute atomic E-state index is 11.9. The standard InChI is InChI=1S/C17H24N2O2/c1-2-3-10-21-11-4-8-19-17(20)13-14-5-6-15-7-9-18-16(15)12-14/h5-7,9,12,18H,2-4,8,10-11,13H2,1H3,(H,19,20). The Morgan fingerprint density at radius 3 is 2.95 bits per heavy atom. The first-order valence-electron chi connectivity index (χ1n) is 7.70. The molecule has 0 unspecified atom stereocenters. The highest BCUT2D eigenvalue weighted by atomic mass is 16.5. The van der Waals surface area contributed by atoms with Crippen LogP contribution in [0, 0.1) is 0 Å². The molecular weight excluding hydrogens is 264 g/mol. The molecule has 21 heavy (non-hydrogen) atoms. The van der Waals surface area contributed by atoms with Crippen LogP contribution in [-0.2, 0) is 16.0 Å². The van der Waals surface area contributed by atoms with Gasteiger partial charge in [0.2, 0.25) is 5.91 Å². The largest absolute Gasteiger partial charge is 0.381 e. The third kappa shape index (κ3) is 5.23. The summed E-state index contributed by atoms with van der Waals surface area (Å²) in [6.07, 6.45) is 5.46. The van der Waals surface area contributed by atoms with Crippen LogP contribution in [0.2, 0.25) is 0 Å². The molecule has 4 heteroatoms. The van der Waals surface area contributed by atoms with E-state index in [4.69, 9.17) is 4.74 Å². The normalized spacial score (nSPS) is 10.9. The molecule has 114 valence electrons. The second-order valence-corrected chi connectivity index (χ2v) is 5.25. The Morgan fingerprint density at radius 1 is 1.24 bits per heavy atom. The molecule has 2 aromatic rings. The average molecular weight is 288 g/mol. The maximum atomic E-state index is 11.9. The summed E-state index contributed by atoms with van der Waals surface area (Å²) in [7, 11) is 0. The number of H-pyrrole nitrogens is 1. The van der Waals surface area contributed by atoms with Crippen LogP contribution in [-0.4, -0.2) is 30.6 Å². The zero-order chi connectivity index (χ0) is 14.9. The fourth-order valence-electron chi connectivity index (χ4n) is 2.20. The van der Waals surface area contributed by atoms with Gasteiger partial charge in [0.15, 0.2) is 0 Å². The Labute approximate surface area is 125 Å². The van der Waals surface area contributed by atoms with Crippen molar-refractivity contribution in [3.63, 3.8) is 0 Å². The van der Waals surface area contributed by atoms with Crippen LogP contribution in [0.3, 0.4) is 0 Å². The molecule has 0 aliphatic carbocycles. The van der Waals surface area contributed by atoms with E-state index in [1.54, 1.807) is 0 Å². The Hall–Kier alpha value is -1.81. The summed E-state index contributed by atoms with van der Waals surface area (Å²) in [6.45, 7) is 4.36. The van der Waals surface area contributed by atoms with E-state index >= 15 is 0 Å². The van der Waals surface area contributed by atoms with E-state index in [0.29, 0.717) is 19.6 Å². The number of benzene rings is 1. The molecule has 2 N–H and O–H groups in total. The number of unbranched alkanes of at least 4 members (excludes halogenated alkanes) is 1. The third-order valence-corrected chi connectivity index (χ3v) is 3.41. The van der Waals surface area contributed by atoms with Crippen LogP contribution in [0.4, 0.5) is 0 Å². The molecule has 1 aromatic carbocycles. The Bertz CT molecular complexity index is 563. The van der Waals surface area contributed by atoms with Gasteiger partial charge in [0.25, 0.3) is 0 Å². The number of fused-ring (bicyclic) bond motifs is 1. The first-order valence-corrected chi connectivity index (χ1v) is 7.70. The lowest BCUT2D eigenvalue weighted by Gasteiger charge is -2.06. The minimum Gasteiger partial charge on any atom is -0.381 e. The van der Waals surface area contributed by atoms with Gasteiger partial charge in [0.05, 0.1) is 6.42 Å². The summed E-state index contributed by atoms with van der Waals surface area (Å²) < 4.78 is 5.46. The van der Waals surface area contributed by atoms with Gasteiger partial charge in [0, 0.05) is 31.5 Å². The first-order chi connectivity index (χ1) is 10.3. The van der Waals surface area contributed by atoms with Crippen molar-refractivity contribution in [2.45, 2.75) is 32.6 Å². The number of nitrogens with one attached hydrogen (secondary N) is 2. The predicted molar refractivity (Wildman–Crippen MR) is 85.4 cm³/mol. The van der Waals surface area contributed by atoms with Crippen LogP contribution in [0.15, 0.2) is 30.5 Å². The highest BCUT2D eigenvalue weighted by Gasteiger charge is 2.04. The summed E-state index contributed by atoms with van der Waals surface area (Å²) in [4.78, 5) is 15.0. The van der Waals surface area contributed by atoms with Gasteiger partial charge in [0.1, 0.15) is 0 Å². The third-order valence-electron chi connectivity index (χ3n) is 3.41. The zero-order valence-corrected chi connectivity index (χ0v) is 12.7. The molecule has 0 aliphatic heterocycles. The average Bonchev–Trinajstić information content (AvgIpc) is 2.94.